The summed E-state index contributed by atoms with van der Waals surface area (Å²) in [4.78, 5) is 11.0. The van der Waals surface area contributed by atoms with E-state index in [1.165, 1.54) is 7.11 Å². The van der Waals surface area contributed by atoms with Gasteiger partial charge in [0.1, 0.15) is 5.75 Å². The minimum atomic E-state index is -0.204. The molecular formula is C14H20BrNO3. The molecule has 0 heterocycles. The standard InChI is InChI=1S/C14H20BrNO3/c1-3-8-19-13-5-4-12(15)9-11(13)10-16-7-6-14(17)18-2/h4-5,9,16H,3,6-8,10H2,1-2H3. The van der Waals surface area contributed by atoms with Gasteiger partial charge in [-0.3, -0.25) is 4.79 Å². The van der Waals surface area contributed by atoms with Crippen molar-refractivity contribution in [3.63, 3.8) is 0 Å². The van der Waals surface area contributed by atoms with Crippen molar-refractivity contribution in [2.24, 2.45) is 0 Å². The van der Waals surface area contributed by atoms with E-state index in [1.54, 1.807) is 0 Å². The van der Waals surface area contributed by atoms with Gasteiger partial charge in [0.15, 0.2) is 0 Å². The number of ether oxygens (including phenoxy) is 2. The summed E-state index contributed by atoms with van der Waals surface area (Å²) in [6, 6.07) is 5.94. The zero-order valence-electron chi connectivity index (χ0n) is 11.4. The van der Waals surface area contributed by atoms with E-state index < -0.39 is 0 Å². The Morgan fingerprint density at radius 3 is 2.89 bits per heavy atom. The van der Waals surface area contributed by atoms with Crippen LogP contribution in [0.4, 0.5) is 0 Å². The molecule has 0 spiro atoms. The van der Waals surface area contributed by atoms with E-state index in [0.29, 0.717) is 26.1 Å². The SMILES string of the molecule is CCCOc1ccc(Br)cc1CNCCC(=O)OC. The fourth-order valence-electron chi connectivity index (χ4n) is 1.55. The van der Waals surface area contributed by atoms with Crippen molar-refractivity contribution >= 4 is 21.9 Å². The summed E-state index contributed by atoms with van der Waals surface area (Å²) in [6.07, 6.45) is 1.35. The molecule has 0 bridgehead atoms. The van der Waals surface area contributed by atoms with Gasteiger partial charge in [0, 0.05) is 23.1 Å². The molecule has 4 nitrogen and oxygen atoms in total. The topological polar surface area (TPSA) is 47.6 Å². The number of hydrogen-bond acceptors (Lipinski definition) is 4. The summed E-state index contributed by atoms with van der Waals surface area (Å²) in [7, 11) is 1.40. The smallest absolute Gasteiger partial charge is 0.306 e. The summed E-state index contributed by atoms with van der Waals surface area (Å²) in [5.41, 5.74) is 1.08. The molecule has 0 amide bonds. The van der Waals surface area contributed by atoms with Gasteiger partial charge in [-0.1, -0.05) is 22.9 Å². The minimum Gasteiger partial charge on any atom is -0.493 e. The molecule has 0 aromatic heterocycles. The number of carbonyl (C=O) groups excluding carboxylic acids is 1. The Balaban J connectivity index is 2.50. The van der Waals surface area contributed by atoms with Crippen LogP contribution in [0.15, 0.2) is 22.7 Å². The molecule has 0 aliphatic rings. The van der Waals surface area contributed by atoms with Crippen molar-refractivity contribution in [1.29, 1.82) is 0 Å². The highest BCUT2D eigenvalue weighted by Crippen LogP contribution is 2.23. The minimum absolute atomic E-state index is 0.204. The summed E-state index contributed by atoms with van der Waals surface area (Å²) in [5.74, 6) is 0.680. The van der Waals surface area contributed by atoms with Crippen LogP contribution >= 0.6 is 15.9 Å². The van der Waals surface area contributed by atoms with Crippen molar-refractivity contribution in [2.75, 3.05) is 20.3 Å². The van der Waals surface area contributed by atoms with Gasteiger partial charge in [-0.05, 0) is 24.6 Å². The van der Waals surface area contributed by atoms with E-state index in [2.05, 4.69) is 32.9 Å². The zero-order valence-corrected chi connectivity index (χ0v) is 13.0. The summed E-state index contributed by atoms with van der Waals surface area (Å²) in [5, 5.41) is 3.21. The van der Waals surface area contributed by atoms with E-state index in [0.717, 1.165) is 22.2 Å². The summed E-state index contributed by atoms with van der Waals surface area (Å²) >= 11 is 3.45. The lowest BCUT2D eigenvalue weighted by Gasteiger charge is -2.12. The van der Waals surface area contributed by atoms with Crippen LogP contribution in [-0.4, -0.2) is 26.2 Å². The molecule has 19 heavy (non-hydrogen) atoms. The lowest BCUT2D eigenvalue weighted by Crippen LogP contribution is -2.19. The van der Waals surface area contributed by atoms with E-state index in [9.17, 15) is 4.79 Å². The van der Waals surface area contributed by atoms with Crippen molar-refractivity contribution in [3.05, 3.63) is 28.2 Å². The van der Waals surface area contributed by atoms with Crippen LogP contribution in [0, 0.1) is 0 Å². The second-order valence-corrected chi connectivity index (χ2v) is 5.02. The van der Waals surface area contributed by atoms with Crippen molar-refractivity contribution < 1.29 is 14.3 Å². The van der Waals surface area contributed by atoms with Crippen LogP contribution in [0.1, 0.15) is 25.3 Å². The molecule has 106 valence electrons. The van der Waals surface area contributed by atoms with Crippen LogP contribution < -0.4 is 10.1 Å². The lowest BCUT2D eigenvalue weighted by molar-refractivity contribution is -0.140. The fourth-order valence-corrected chi connectivity index (χ4v) is 1.96. The third-order valence-electron chi connectivity index (χ3n) is 2.53. The molecular weight excluding hydrogens is 310 g/mol. The van der Waals surface area contributed by atoms with E-state index in [4.69, 9.17) is 4.74 Å². The second kappa shape index (κ2) is 8.93. The van der Waals surface area contributed by atoms with Crippen LogP contribution in [0.3, 0.4) is 0 Å². The molecule has 0 aliphatic carbocycles. The number of rotatable bonds is 8. The highest BCUT2D eigenvalue weighted by molar-refractivity contribution is 9.10. The molecule has 0 fully saturated rings. The first-order valence-electron chi connectivity index (χ1n) is 6.36. The van der Waals surface area contributed by atoms with Crippen LogP contribution in [0.5, 0.6) is 5.75 Å². The number of halogens is 1. The maximum Gasteiger partial charge on any atom is 0.306 e. The Morgan fingerprint density at radius 1 is 1.42 bits per heavy atom. The lowest BCUT2D eigenvalue weighted by atomic mass is 10.2. The molecule has 0 radical (unpaired) electrons. The molecule has 0 atom stereocenters. The van der Waals surface area contributed by atoms with E-state index >= 15 is 0 Å². The van der Waals surface area contributed by atoms with Gasteiger partial charge in [0.2, 0.25) is 0 Å². The predicted molar refractivity (Wildman–Crippen MR) is 78.3 cm³/mol. The average Bonchev–Trinajstić information content (AvgIpc) is 2.42. The summed E-state index contributed by atoms with van der Waals surface area (Å²) in [6.45, 7) is 4.03. The molecule has 0 unspecified atom stereocenters. The Bertz CT molecular complexity index is 410. The Labute approximate surface area is 122 Å². The third-order valence-corrected chi connectivity index (χ3v) is 3.03. The fraction of sp³-hybridized carbons (Fsp3) is 0.500. The zero-order chi connectivity index (χ0) is 14.1. The van der Waals surface area contributed by atoms with E-state index in [-0.39, 0.29) is 5.97 Å². The van der Waals surface area contributed by atoms with Gasteiger partial charge < -0.3 is 14.8 Å². The van der Waals surface area contributed by atoms with Crippen molar-refractivity contribution in [3.8, 4) is 5.75 Å². The Kier molecular flexibility index (Phi) is 7.52. The largest absolute Gasteiger partial charge is 0.493 e. The molecule has 0 aliphatic heterocycles. The first-order chi connectivity index (χ1) is 9.17. The van der Waals surface area contributed by atoms with Gasteiger partial charge >= 0.3 is 5.97 Å². The van der Waals surface area contributed by atoms with Crippen molar-refractivity contribution in [1.82, 2.24) is 5.32 Å². The number of esters is 1. The number of carbonyl (C=O) groups is 1. The molecule has 1 aromatic rings. The third kappa shape index (κ3) is 6.07. The highest BCUT2D eigenvalue weighted by atomic mass is 79.9. The quantitative estimate of drug-likeness (QED) is 0.588. The van der Waals surface area contributed by atoms with Crippen molar-refractivity contribution in [2.45, 2.75) is 26.3 Å². The van der Waals surface area contributed by atoms with Gasteiger partial charge in [0.05, 0.1) is 20.1 Å². The highest BCUT2D eigenvalue weighted by Gasteiger charge is 2.05. The van der Waals surface area contributed by atoms with Gasteiger partial charge in [0.25, 0.3) is 0 Å². The molecule has 1 aromatic carbocycles. The number of nitrogens with one attached hydrogen (secondary N) is 1. The maximum absolute atomic E-state index is 11.0. The van der Waals surface area contributed by atoms with Crippen LogP contribution in [0.2, 0.25) is 0 Å². The molecule has 0 saturated heterocycles. The monoisotopic (exact) mass is 329 g/mol. The number of benzene rings is 1. The van der Waals surface area contributed by atoms with Gasteiger partial charge in [-0.15, -0.1) is 0 Å². The molecule has 0 saturated carbocycles. The maximum atomic E-state index is 11.0. The normalized spacial score (nSPS) is 10.3. The first-order valence-corrected chi connectivity index (χ1v) is 7.15. The molecule has 1 N–H and O–H groups in total. The summed E-state index contributed by atoms with van der Waals surface area (Å²) < 4.78 is 11.3. The second-order valence-electron chi connectivity index (χ2n) is 4.10. The molecule has 5 heteroatoms. The van der Waals surface area contributed by atoms with Crippen LogP contribution in [0.25, 0.3) is 0 Å². The Hall–Kier alpha value is -1.07. The molecule has 1 rings (SSSR count). The predicted octanol–water partition coefficient (Wildman–Crippen LogP) is 2.89. The van der Waals surface area contributed by atoms with Gasteiger partial charge in [-0.25, -0.2) is 0 Å². The van der Waals surface area contributed by atoms with E-state index in [1.807, 2.05) is 18.2 Å². The van der Waals surface area contributed by atoms with Gasteiger partial charge in [-0.2, -0.15) is 0 Å². The number of hydrogen-bond donors (Lipinski definition) is 1. The number of methoxy groups -OCH3 is 1. The first kappa shape index (κ1) is 16.0. The average molecular weight is 330 g/mol. The Morgan fingerprint density at radius 2 is 2.21 bits per heavy atom. The van der Waals surface area contributed by atoms with Crippen LogP contribution in [-0.2, 0) is 16.1 Å².